The van der Waals surface area contributed by atoms with E-state index in [4.69, 9.17) is 26.1 Å². The smallest absolute Gasteiger partial charge is 0.191 e. The summed E-state index contributed by atoms with van der Waals surface area (Å²) in [5.74, 6) is 0.794. The van der Waals surface area contributed by atoms with Crippen LogP contribution in [0.25, 0.3) is 0 Å². The Kier molecular flexibility index (Phi) is 10.1. The standard InChI is InChI=1S/C18H28ClN3O2.HI/c1-4-20-17(21-13-18(23-3)9-11-24-12-10-18)22-14(2)15-5-7-16(19)8-6-15;/h5-8,14H,4,9-13H2,1-3H3,(H2,20,21,22);1H. The van der Waals surface area contributed by atoms with Crippen LogP contribution in [-0.2, 0) is 9.47 Å². The molecule has 1 aromatic carbocycles. The largest absolute Gasteiger partial charge is 0.381 e. The molecule has 0 spiro atoms. The summed E-state index contributed by atoms with van der Waals surface area (Å²) in [7, 11) is 1.76. The van der Waals surface area contributed by atoms with E-state index in [-0.39, 0.29) is 35.6 Å². The van der Waals surface area contributed by atoms with Crippen molar-refractivity contribution in [2.75, 3.05) is 33.4 Å². The summed E-state index contributed by atoms with van der Waals surface area (Å²) in [6.07, 6.45) is 1.75. The van der Waals surface area contributed by atoms with Gasteiger partial charge in [-0.05, 0) is 31.5 Å². The monoisotopic (exact) mass is 481 g/mol. The Labute approximate surface area is 172 Å². The summed E-state index contributed by atoms with van der Waals surface area (Å²) in [6.45, 7) is 7.06. The lowest BCUT2D eigenvalue weighted by atomic mass is 9.94. The molecule has 142 valence electrons. The van der Waals surface area contributed by atoms with Crippen LogP contribution in [0, 0.1) is 0 Å². The Morgan fingerprint density at radius 2 is 1.96 bits per heavy atom. The molecule has 1 saturated heterocycles. The average molecular weight is 482 g/mol. The lowest BCUT2D eigenvalue weighted by Crippen LogP contribution is -2.44. The van der Waals surface area contributed by atoms with Crippen LogP contribution in [0.4, 0.5) is 0 Å². The number of hydrogen-bond acceptors (Lipinski definition) is 3. The van der Waals surface area contributed by atoms with Gasteiger partial charge in [0.05, 0.1) is 18.2 Å². The number of nitrogens with zero attached hydrogens (tertiary/aromatic N) is 1. The van der Waals surface area contributed by atoms with E-state index in [0.29, 0.717) is 6.54 Å². The van der Waals surface area contributed by atoms with Crippen LogP contribution < -0.4 is 10.6 Å². The second kappa shape index (κ2) is 11.2. The fourth-order valence-corrected chi connectivity index (χ4v) is 2.88. The number of guanidine groups is 1. The second-order valence-corrected chi connectivity index (χ2v) is 6.55. The molecule has 1 aromatic rings. The zero-order chi connectivity index (χ0) is 17.4. The molecule has 1 atom stereocenters. The fourth-order valence-electron chi connectivity index (χ4n) is 2.75. The van der Waals surface area contributed by atoms with Gasteiger partial charge >= 0.3 is 0 Å². The lowest BCUT2D eigenvalue weighted by molar-refractivity contribution is -0.0828. The highest BCUT2D eigenvalue weighted by atomic mass is 127. The van der Waals surface area contributed by atoms with Gasteiger partial charge in [-0.25, -0.2) is 0 Å². The predicted octanol–water partition coefficient (Wildman–Crippen LogP) is 3.77. The average Bonchev–Trinajstić information content (AvgIpc) is 2.61. The molecule has 2 rings (SSSR count). The van der Waals surface area contributed by atoms with E-state index in [2.05, 4.69) is 24.5 Å². The number of methoxy groups -OCH3 is 1. The molecule has 0 radical (unpaired) electrons. The van der Waals surface area contributed by atoms with Crippen molar-refractivity contribution in [2.45, 2.75) is 38.3 Å². The zero-order valence-electron chi connectivity index (χ0n) is 15.2. The first kappa shape index (κ1) is 22.5. The molecule has 2 N–H and O–H groups in total. The summed E-state index contributed by atoms with van der Waals surface area (Å²) < 4.78 is 11.2. The minimum atomic E-state index is -0.218. The number of aliphatic imine (C=N–C) groups is 1. The van der Waals surface area contributed by atoms with Gasteiger partial charge < -0.3 is 20.1 Å². The Hall–Kier alpha value is -0.570. The molecule has 0 bridgehead atoms. The van der Waals surface area contributed by atoms with Crippen molar-refractivity contribution in [2.24, 2.45) is 4.99 Å². The van der Waals surface area contributed by atoms with Gasteiger partial charge in [-0.15, -0.1) is 24.0 Å². The molecule has 7 heteroatoms. The summed E-state index contributed by atoms with van der Waals surface area (Å²) in [6, 6.07) is 7.99. The van der Waals surface area contributed by atoms with Gasteiger partial charge in [-0.1, -0.05) is 23.7 Å². The van der Waals surface area contributed by atoms with Gasteiger partial charge in [0.2, 0.25) is 0 Å². The van der Waals surface area contributed by atoms with Crippen molar-refractivity contribution in [1.29, 1.82) is 0 Å². The van der Waals surface area contributed by atoms with E-state index < -0.39 is 0 Å². The van der Waals surface area contributed by atoms with E-state index in [0.717, 1.165) is 49.1 Å². The molecule has 0 aliphatic carbocycles. The molecule has 0 aromatic heterocycles. The third kappa shape index (κ3) is 6.92. The van der Waals surface area contributed by atoms with E-state index >= 15 is 0 Å². The van der Waals surface area contributed by atoms with Crippen LogP contribution in [0.1, 0.15) is 38.3 Å². The molecule has 1 fully saturated rings. The number of hydrogen-bond donors (Lipinski definition) is 2. The third-order valence-electron chi connectivity index (χ3n) is 4.43. The first-order valence-corrected chi connectivity index (χ1v) is 8.89. The molecule has 1 aliphatic heterocycles. The maximum atomic E-state index is 5.96. The van der Waals surface area contributed by atoms with Crippen LogP contribution in [0.3, 0.4) is 0 Å². The number of ether oxygens (including phenoxy) is 2. The molecule has 0 amide bonds. The number of rotatable bonds is 6. The first-order valence-electron chi connectivity index (χ1n) is 8.52. The van der Waals surface area contributed by atoms with Gasteiger partial charge in [0.1, 0.15) is 0 Å². The van der Waals surface area contributed by atoms with Gasteiger partial charge in [0.15, 0.2) is 5.96 Å². The Bertz CT molecular complexity index is 534. The maximum Gasteiger partial charge on any atom is 0.191 e. The van der Waals surface area contributed by atoms with E-state index in [1.165, 1.54) is 0 Å². The van der Waals surface area contributed by atoms with Crippen molar-refractivity contribution >= 4 is 41.5 Å². The van der Waals surface area contributed by atoms with Crippen LogP contribution in [-0.4, -0.2) is 45.0 Å². The SMILES string of the molecule is CCNC(=NCC1(OC)CCOCC1)NC(C)c1ccc(Cl)cc1.I. The second-order valence-electron chi connectivity index (χ2n) is 6.11. The van der Waals surface area contributed by atoms with Gasteiger partial charge in [-0.2, -0.15) is 0 Å². The quantitative estimate of drug-likeness (QED) is 0.369. The fraction of sp³-hybridized carbons (Fsp3) is 0.611. The van der Waals surface area contributed by atoms with Gasteiger partial charge in [0, 0.05) is 44.7 Å². The van der Waals surface area contributed by atoms with Gasteiger partial charge in [0.25, 0.3) is 0 Å². The molecule has 1 unspecified atom stereocenters. The zero-order valence-corrected chi connectivity index (χ0v) is 18.3. The van der Waals surface area contributed by atoms with Crippen molar-refractivity contribution in [1.82, 2.24) is 10.6 Å². The van der Waals surface area contributed by atoms with Crippen molar-refractivity contribution in [3.8, 4) is 0 Å². The van der Waals surface area contributed by atoms with Crippen LogP contribution >= 0.6 is 35.6 Å². The number of halogens is 2. The first-order chi connectivity index (χ1) is 11.6. The highest BCUT2D eigenvalue weighted by Gasteiger charge is 2.32. The van der Waals surface area contributed by atoms with E-state index in [9.17, 15) is 0 Å². The third-order valence-corrected chi connectivity index (χ3v) is 4.68. The van der Waals surface area contributed by atoms with E-state index in [1.807, 2.05) is 24.3 Å². The van der Waals surface area contributed by atoms with Crippen LogP contribution in [0.5, 0.6) is 0 Å². The number of benzene rings is 1. The lowest BCUT2D eigenvalue weighted by Gasteiger charge is -2.34. The maximum absolute atomic E-state index is 5.96. The minimum Gasteiger partial charge on any atom is -0.381 e. The predicted molar refractivity (Wildman–Crippen MR) is 114 cm³/mol. The van der Waals surface area contributed by atoms with Crippen LogP contribution in [0.15, 0.2) is 29.3 Å². The van der Waals surface area contributed by atoms with Gasteiger partial charge in [-0.3, -0.25) is 4.99 Å². The molecule has 5 nitrogen and oxygen atoms in total. The normalized spacial score (nSPS) is 18.2. The summed E-state index contributed by atoms with van der Waals surface area (Å²) in [4.78, 5) is 4.75. The molecular weight excluding hydrogens is 453 g/mol. The summed E-state index contributed by atoms with van der Waals surface area (Å²) >= 11 is 5.96. The Balaban J connectivity index is 0.00000312. The summed E-state index contributed by atoms with van der Waals surface area (Å²) in [5.41, 5.74) is 0.946. The Morgan fingerprint density at radius 1 is 1.32 bits per heavy atom. The molecule has 25 heavy (non-hydrogen) atoms. The van der Waals surface area contributed by atoms with Crippen molar-refractivity contribution < 1.29 is 9.47 Å². The summed E-state index contributed by atoms with van der Waals surface area (Å²) in [5, 5.41) is 7.49. The molecule has 1 aliphatic rings. The van der Waals surface area contributed by atoms with Crippen molar-refractivity contribution in [3.63, 3.8) is 0 Å². The van der Waals surface area contributed by atoms with E-state index in [1.54, 1.807) is 7.11 Å². The molecule has 0 saturated carbocycles. The minimum absolute atomic E-state index is 0. The number of nitrogens with one attached hydrogen (secondary N) is 2. The molecule has 1 heterocycles. The van der Waals surface area contributed by atoms with Crippen LogP contribution in [0.2, 0.25) is 5.02 Å². The Morgan fingerprint density at radius 3 is 2.52 bits per heavy atom. The topological polar surface area (TPSA) is 54.9 Å². The highest BCUT2D eigenvalue weighted by molar-refractivity contribution is 14.0. The molecular formula is C18H29ClIN3O2. The van der Waals surface area contributed by atoms with Crippen molar-refractivity contribution in [3.05, 3.63) is 34.9 Å². The highest BCUT2D eigenvalue weighted by Crippen LogP contribution is 2.24.